The molecule has 0 spiro atoms. The highest BCUT2D eigenvalue weighted by atomic mass is 16.4. The van der Waals surface area contributed by atoms with Crippen molar-refractivity contribution in [3.8, 4) is 0 Å². The lowest BCUT2D eigenvalue weighted by Gasteiger charge is -2.35. The van der Waals surface area contributed by atoms with Gasteiger partial charge in [0.05, 0.1) is 0 Å². The minimum Gasteiger partial charge on any atom is -0.479 e. The minimum absolute atomic E-state index is 0.0192. The highest BCUT2D eigenvalue weighted by Gasteiger charge is 2.40. The number of hydrogen-bond donors (Lipinski definition) is 2. The molecular weight excluding hydrogens is 270 g/mol. The van der Waals surface area contributed by atoms with Crippen molar-refractivity contribution < 1.29 is 19.8 Å². The van der Waals surface area contributed by atoms with Gasteiger partial charge in [0.1, 0.15) is 0 Å². The van der Waals surface area contributed by atoms with E-state index in [0.717, 1.165) is 5.56 Å². The Bertz CT molecular complexity index is 533. The van der Waals surface area contributed by atoms with Crippen molar-refractivity contribution in [2.24, 2.45) is 0 Å². The van der Waals surface area contributed by atoms with Gasteiger partial charge in [-0.1, -0.05) is 24.3 Å². The summed E-state index contributed by atoms with van der Waals surface area (Å²) in [5.74, 6) is -1.18. The van der Waals surface area contributed by atoms with Crippen LogP contribution in [0.4, 0.5) is 0 Å². The molecule has 1 saturated heterocycles. The maximum Gasteiger partial charge on any atom is 0.335 e. The molecule has 0 aromatic heterocycles. The lowest BCUT2D eigenvalue weighted by atomic mass is 9.91. The molecule has 1 aromatic rings. The zero-order chi connectivity index (χ0) is 15.5. The van der Waals surface area contributed by atoms with Crippen molar-refractivity contribution in [1.29, 1.82) is 0 Å². The number of carbonyl (C=O) groups excluding carboxylic acids is 1. The number of rotatable bonds is 4. The molecule has 0 bridgehead atoms. The Labute approximate surface area is 124 Å². The van der Waals surface area contributed by atoms with Gasteiger partial charge in [-0.2, -0.15) is 0 Å². The molecule has 2 rings (SSSR count). The Morgan fingerprint density at radius 3 is 2.43 bits per heavy atom. The Morgan fingerprint density at radius 1 is 1.24 bits per heavy atom. The summed E-state index contributed by atoms with van der Waals surface area (Å²) in [7, 11) is 0. The summed E-state index contributed by atoms with van der Waals surface area (Å²) in [6.45, 7) is 2.62. The Kier molecular flexibility index (Phi) is 4.63. The number of amides is 1. The summed E-state index contributed by atoms with van der Waals surface area (Å²) in [6.07, 6.45) is 1.29. The van der Waals surface area contributed by atoms with E-state index in [1.54, 1.807) is 4.90 Å². The molecule has 1 heterocycles. The van der Waals surface area contributed by atoms with Gasteiger partial charge in [-0.15, -0.1) is 0 Å². The molecule has 1 aromatic carbocycles. The number of likely N-dealkylation sites (tertiary alicyclic amines) is 1. The molecule has 0 unspecified atom stereocenters. The van der Waals surface area contributed by atoms with Crippen LogP contribution in [0.3, 0.4) is 0 Å². The molecule has 21 heavy (non-hydrogen) atoms. The van der Waals surface area contributed by atoms with E-state index < -0.39 is 11.6 Å². The van der Waals surface area contributed by atoms with E-state index in [1.807, 2.05) is 31.2 Å². The fraction of sp³-hybridized carbons (Fsp3) is 0.500. The van der Waals surface area contributed by atoms with Crippen molar-refractivity contribution in [3.63, 3.8) is 0 Å². The number of nitrogens with zero attached hydrogens (tertiary/aromatic N) is 1. The van der Waals surface area contributed by atoms with E-state index in [-0.39, 0.29) is 18.7 Å². The number of piperidine rings is 1. The van der Waals surface area contributed by atoms with Crippen LogP contribution in [0.25, 0.3) is 0 Å². The van der Waals surface area contributed by atoms with E-state index in [2.05, 4.69) is 0 Å². The van der Waals surface area contributed by atoms with Crippen LogP contribution in [-0.2, 0) is 16.0 Å². The third-order valence-electron chi connectivity index (χ3n) is 4.21. The second kappa shape index (κ2) is 6.26. The summed E-state index contributed by atoms with van der Waals surface area (Å²) in [5.41, 5.74) is 0.654. The van der Waals surface area contributed by atoms with Crippen molar-refractivity contribution in [2.75, 3.05) is 13.1 Å². The van der Waals surface area contributed by atoms with Crippen molar-refractivity contribution >= 4 is 11.9 Å². The van der Waals surface area contributed by atoms with Gasteiger partial charge in [-0.3, -0.25) is 4.79 Å². The van der Waals surface area contributed by atoms with E-state index in [0.29, 0.717) is 25.9 Å². The van der Waals surface area contributed by atoms with Crippen LogP contribution in [0.2, 0.25) is 0 Å². The fourth-order valence-electron chi connectivity index (χ4n) is 2.63. The Morgan fingerprint density at radius 2 is 1.86 bits per heavy atom. The van der Waals surface area contributed by atoms with E-state index in [1.165, 1.54) is 5.56 Å². The van der Waals surface area contributed by atoms with Crippen LogP contribution < -0.4 is 0 Å². The predicted octanol–water partition coefficient (Wildman–Crippen LogP) is 1.37. The zero-order valence-corrected chi connectivity index (χ0v) is 12.2. The molecule has 0 atom stereocenters. The Balaban J connectivity index is 1.86. The number of benzene rings is 1. The third kappa shape index (κ3) is 3.61. The molecule has 1 amide bonds. The topological polar surface area (TPSA) is 77.8 Å². The van der Waals surface area contributed by atoms with Gasteiger partial charge in [-0.25, -0.2) is 4.79 Å². The lowest BCUT2D eigenvalue weighted by molar-refractivity contribution is -0.165. The Hall–Kier alpha value is -1.88. The van der Waals surface area contributed by atoms with Gasteiger partial charge in [0, 0.05) is 32.4 Å². The van der Waals surface area contributed by atoms with Crippen LogP contribution in [0, 0.1) is 6.92 Å². The second-order valence-electron chi connectivity index (χ2n) is 5.64. The number of carbonyl (C=O) groups is 2. The monoisotopic (exact) mass is 291 g/mol. The summed E-state index contributed by atoms with van der Waals surface area (Å²) < 4.78 is 0. The van der Waals surface area contributed by atoms with Crippen LogP contribution >= 0.6 is 0 Å². The summed E-state index contributed by atoms with van der Waals surface area (Å²) in [4.78, 5) is 24.8. The molecule has 114 valence electrons. The summed E-state index contributed by atoms with van der Waals surface area (Å²) in [6, 6.07) is 7.97. The first-order valence-electron chi connectivity index (χ1n) is 7.20. The number of aryl methyl sites for hydroxylation is 2. The third-order valence-corrected chi connectivity index (χ3v) is 4.21. The highest BCUT2D eigenvalue weighted by molar-refractivity contribution is 5.79. The first-order valence-corrected chi connectivity index (χ1v) is 7.20. The number of carboxylic acid groups (broad SMARTS) is 1. The minimum atomic E-state index is -1.67. The highest BCUT2D eigenvalue weighted by Crippen LogP contribution is 2.23. The maximum absolute atomic E-state index is 12.2. The number of aliphatic carboxylic acids is 1. The summed E-state index contributed by atoms with van der Waals surface area (Å²) in [5, 5.41) is 18.8. The van der Waals surface area contributed by atoms with Gasteiger partial charge in [0.25, 0.3) is 0 Å². The normalized spacial score (nSPS) is 17.5. The van der Waals surface area contributed by atoms with Crippen molar-refractivity contribution in [2.45, 2.75) is 38.2 Å². The largest absolute Gasteiger partial charge is 0.479 e. The van der Waals surface area contributed by atoms with Gasteiger partial charge >= 0.3 is 5.97 Å². The molecular formula is C16H21NO4. The standard InChI is InChI=1S/C16H21NO4/c1-12-4-2-3-5-13(12)6-7-14(18)17-10-8-16(21,9-11-17)15(19)20/h2-5,21H,6-11H2,1H3,(H,19,20). The first kappa shape index (κ1) is 15.5. The van der Waals surface area contributed by atoms with Crippen LogP contribution in [-0.4, -0.2) is 45.7 Å². The molecule has 1 aliphatic rings. The van der Waals surface area contributed by atoms with Gasteiger partial charge in [-0.05, 0) is 24.5 Å². The molecule has 5 heteroatoms. The number of aliphatic hydroxyl groups is 1. The van der Waals surface area contributed by atoms with E-state index in [9.17, 15) is 14.7 Å². The smallest absolute Gasteiger partial charge is 0.335 e. The zero-order valence-electron chi connectivity index (χ0n) is 12.2. The van der Waals surface area contributed by atoms with Gasteiger partial charge < -0.3 is 15.1 Å². The average Bonchev–Trinajstić information content (AvgIpc) is 2.46. The second-order valence-corrected chi connectivity index (χ2v) is 5.64. The molecule has 2 N–H and O–H groups in total. The SMILES string of the molecule is Cc1ccccc1CCC(=O)N1CCC(O)(C(=O)O)CC1. The molecule has 5 nitrogen and oxygen atoms in total. The number of hydrogen-bond acceptors (Lipinski definition) is 3. The van der Waals surface area contributed by atoms with Gasteiger partial charge in [0.2, 0.25) is 5.91 Å². The van der Waals surface area contributed by atoms with Crippen LogP contribution in [0.15, 0.2) is 24.3 Å². The predicted molar refractivity (Wildman–Crippen MR) is 77.9 cm³/mol. The van der Waals surface area contributed by atoms with Crippen LogP contribution in [0.5, 0.6) is 0 Å². The molecule has 0 aliphatic carbocycles. The molecule has 1 fully saturated rings. The van der Waals surface area contributed by atoms with Crippen molar-refractivity contribution in [1.82, 2.24) is 4.90 Å². The molecule has 0 saturated carbocycles. The number of carboxylic acids is 1. The average molecular weight is 291 g/mol. The quantitative estimate of drug-likeness (QED) is 0.878. The fourth-order valence-corrected chi connectivity index (χ4v) is 2.63. The van der Waals surface area contributed by atoms with Crippen molar-refractivity contribution in [3.05, 3.63) is 35.4 Å². The van der Waals surface area contributed by atoms with E-state index >= 15 is 0 Å². The van der Waals surface area contributed by atoms with Gasteiger partial charge in [0.15, 0.2) is 5.60 Å². The van der Waals surface area contributed by atoms with Crippen LogP contribution in [0.1, 0.15) is 30.4 Å². The lowest BCUT2D eigenvalue weighted by Crippen LogP contribution is -2.50. The molecule has 0 radical (unpaired) electrons. The molecule has 1 aliphatic heterocycles. The first-order chi connectivity index (χ1) is 9.92. The van der Waals surface area contributed by atoms with E-state index in [4.69, 9.17) is 5.11 Å². The summed E-state index contributed by atoms with van der Waals surface area (Å²) >= 11 is 0. The maximum atomic E-state index is 12.2.